The van der Waals surface area contributed by atoms with Gasteiger partial charge in [-0.25, -0.2) is 0 Å². The molecule has 0 amide bonds. The second-order valence-electron chi connectivity index (χ2n) is 3.97. The molecule has 0 saturated heterocycles. The highest BCUT2D eigenvalue weighted by Gasteiger charge is 2.44. The number of benzene rings is 1. The van der Waals surface area contributed by atoms with Gasteiger partial charge in [-0.2, -0.15) is 5.26 Å². The van der Waals surface area contributed by atoms with Gasteiger partial charge < -0.3 is 0 Å². The first-order valence-electron chi connectivity index (χ1n) is 4.87. The Morgan fingerprint density at radius 1 is 1.50 bits per heavy atom. The summed E-state index contributed by atoms with van der Waals surface area (Å²) in [6.45, 7) is 5.84. The molecule has 1 fully saturated rings. The molecule has 0 atom stereocenters. The zero-order valence-electron chi connectivity index (χ0n) is 8.38. The highest BCUT2D eigenvalue weighted by molar-refractivity contribution is 5.55. The molecule has 1 aromatic carbocycles. The predicted molar refractivity (Wildman–Crippen MR) is 57.8 cm³/mol. The predicted octanol–water partition coefficient (Wildman–Crippen LogP) is 3.19. The van der Waals surface area contributed by atoms with Crippen LogP contribution in [-0.2, 0) is 5.41 Å². The SMILES string of the molecule is C=Cc1cc(C2(C#N)CC2)ccc1C. The van der Waals surface area contributed by atoms with Crippen molar-refractivity contribution in [1.82, 2.24) is 0 Å². The van der Waals surface area contributed by atoms with Crippen LogP contribution in [0.5, 0.6) is 0 Å². The Kier molecular flexibility index (Phi) is 1.93. The van der Waals surface area contributed by atoms with E-state index in [1.807, 2.05) is 6.08 Å². The number of nitrogens with zero attached hydrogens (tertiary/aromatic N) is 1. The molecule has 0 bridgehead atoms. The molecule has 1 aliphatic carbocycles. The molecule has 0 heterocycles. The van der Waals surface area contributed by atoms with Gasteiger partial charge in [-0.1, -0.05) is 24.8 Å². The highest BCUT2D eigenvalue weighted by atomic mass is 14.5. The lowest BCUT2D eigenvalue weighted by Gasteiger charge is -2.08. The maximum absolute atomic E-state index is 9.07. The quantitative estimate of drug-likeness (QED) is 0.690. The zero-order valence-corrected chi connectivity index (χ0v) is 8.38. The Bertz CT molecular complexity index is 419. The van der Waals surface area contributed by atoms with Crippen LogP contribution in [0.1, 0.15) is 29.5 Å². The van der Waals surface area contributed by atoms with Gasteiger partial charge in [0, 0.05) is 0 Å². The number of hydrogen-bond acceptors (Lipinski definition) is 1. The molecule has 70 valence electrons. The Labute approximate surface area is 84.7 Å². The molecule has 0 N–H and O–H groups in total. The van der Waals surface area contributed by atoms with Crippen LogP contribution in [0.15, 0.2) is 24.8 Å². The minimum absolute atomic E-state index is 0.175. The van der Waals surface area contributed by atoms with Gasteiger partial charge in [-0.05, 0) is 42.5 Å². The lowest BCUT2D eigenvalue weighted by atomic mass is 9.94. The summed E-state index contributed by atoms with van der Waals surface area (Å²) in [5.41, 5.74) is 3.34. The third-order valence-electron chi connectivity index (χ3n) is 3.02. The second-order valence-corrected chi connectivity index (χ2v) is 3.97. The van der Waals surface area contributed by atoms with Crippen LogP contribution in [0.2, 0.25) is 0 Å². The van der Waals surface area contributed by atoms with E-state index in [1.54, 1.807) is 0 Å². The lowest BCUT2D eigenvalue weighted by Crippen LogP contribution is -2.02. The van der Waals surface area contributed by atoms with Crippen LogP contribution < -0.4 is 0 Å². The molecule has 1 aliphatic rings. The van der Waals surface area contributed by atoms with Crippen LogP contribution >= 0.6 is 0 Å². The van der Waals surface area contributed by atoms with Crippen molar-refractivity contribution in [3.05, 3.63) is 41.5 Å². The van der Waals surface area contributed by atoms with E-state index in [0.29, 0.717) is 0 Å². The summed E-state index contributed by atoms with van der Waals surface area (Å²) in [6, 6.07) is 8.64. The molecule has 1 saturated carbocycles. The van der Waals surface area contributed by atoms with Crippen molar-refractivity contribution in [3.8, 4) is 6.07 Å². The molecule has 2 rings (SSSR count). The van der Waals surface area contributed by atoms with Crippen LogP contribution in [0.3, 0.4) is 0 Å². The van der Waals surface area contributed by atoms with E-state index in [2.05, 4.69) is 37.8 Å². The molecule has 14 heavy (non-hydrogen) atoms. The smallest absolute Gasteiger partial charge is 0.0824 e. The summed E-state index contributed by atoms with van der Waals surface area (Å²) in [5.74, 6) is 0. The first-order valence-corrected chi connectivity index (χ1v) is 4.87. The molecule has 0 unspecified atom stereocenters. The summed E-state index contributed by atoms with van der Waals surface area (Å²) in [4.78, 5) is 0. The molecule has 1 heteroatoms. The third kappa shape index (κ3) is 1.24. The number of aryl methyl sites for hydroxylation is 1. The standard InChI is InChI=1S/C13H13N/c1-3-11-8-12(5-4-10(11)2)13(9-14)6-7-13/h3-5,8H,1,6-7H2,2H3. The third-order valence-corrected chi connectivity index (χ3v) is 3.02. The van der Waals surface area contributed by atoms with Crippen molar-refractivity contribution < 1.29 is 0 Å². The number of hydrogen-bond donors (Lipinski definition) is 0. The largest absolute Gasteiger partial charge is 0.197 e. The molecule has 0 aliphatic heterocycles. The van der Waals surface area contributed by atoms with Crippen molar-refractivity contribution in [2.24, 2.45) is 0 Å². The Morgan fingerprint density at radius 3 is 2.71 bits per heavy atom. The monoisotopic (exact) mass is 183 g/mol. The summed E-state index contributed by atoms with van der Waals surface area (Å²) in [7, 11) is 0. The van der Waals surface area contributed by atoms with E-state index in [1.165, 1.54) is 5.56 Å². The number of rotatable bonds is 2. The average molecular weight is 183 g/mol. The molecule has 1 aromatic rings. The highest BCUT2D eigenvalue weighted by Crippen LogP contribution is 2.47. The minimum Gasteiger partial charge on any atom is -0.197 e. The maximum atomic E-state index is 9.07. The van der Waals surface area contributed by atoms with Crippen molar-refractivity contribution in [2.75, 3.05) is 0 Å². The van der Waals surface area contributed by atoms with E-state index >= 15 is 0 Å². The van der Waals surface area contributed by atoms with Crippen molar-refractivity contribution in [2.45, 2.75) is 25.2 Å². The molecule has 1 nitrogen and oxygen atoms in total. The van der Waals surface area contributed by atoms with Gasteiger partial charge >= 0.3 is 0 Å². The normalized spacial score (nSPS) is 17.1. The Balaban J connectivity index is 2.47. The fraction of sp³-hybridized carbons (Fsp3) is 0.308. The average Bonchev–Trinajstić information content (AvgIpc) is 2.99. The summed E-state index contributed by atoms with van der Waals surface area (Å²) < 4.78 is 0. The summed E-state index contributed by atoms with van der Waals surface area (Å²) in [6.07, 6.45) is 3.86. The molecular weight excluding hydrogens is 170 g/mol. The van der Waals surface area contributed by atoms with Crippen LogP contribution in [0.4, 0.5) is 0 Å². The Hall–Kier alpha value is -1.55. The van der Waals surface area contributed by atoms with E-state index in [-0.39, 0.29) is 5.41 Å². The summed E-state index contributed by atoms with van der Waals surface area (Å²) >= 11 is 0. The number of nitriles is 1. The zero-order chi connectivity index (χ0) is 10.2. The van der Waals surface area contributed by atoms with Crippen LogP contribution in [-0.4, -0.2) is 0 Å². The van der Waals surface area contributed by atoms with Crippen LogP contribution in [0, 0.1) is 18.3 Å². The fourth-order valence-corrected chi connectivity index (χ4v) is 1.75. The topological polar surface area (TPSA) is 23.8 Å². The minimum atomic E-state index is -0.175. The van der Waals surface area contributed by atoms with Gasteiger partial charge in [-0.15, -0.1) is 0 Å². The molecular formula is C13H13N. The van der Waals surface area contributed by atoms with E-state index in [0.717, 1.165) is 24.0 Å². The van der Waals surface area contributed by atoms with Crippen molar-refractivity contribution in [3.63, 3.8) is 0 Å². The van der Waals surface area contributed by atoms with Crippen molar-refractivity contribution in [1.29, 1.82) is 5.26 Å². The fourth-order valence-electron chi connectivity index (χ4n) is 1.75. The van der Waals surface area contributed by atoms with Crippen LogP contribution in [0.25, 0.3) is 6.08 Å². The van der Waals surface area contributed by atoms with Gasteiger partial charge in [0.2, 0.25) is 0 Å². The van der Waals surface area contributed by atoms with Crippen molar-refractivity contribution >= 4 is 6.08 Å². The Morgan fingerprint density at radius 2 is 2.21 bits per heavy atom. The van der Waals surface area contributed by atoms with E-state index in [4.69, 9.17) is 5.26 Å². The molecule has 0 aromatic heterocycles. The van der Waals surface area contributed by atoms with E-state index in [9.17, 15) is 0 Å². The van der Waals surface area contributed by atoms with E-state index < -0.39 is 0 Å². The van der Waals surface area contributed by atoms with Gasteiger partial charge in [0.15, 0.2) is 0 Å². The van der Waals surface area contributed by atoms with Gasteiger partial charge in [0.1, 0.15) is 0 Å². The first kappa shape index (κ1) is 9.02. The van der Waals surface area contributed by atoms with Gasteiger partial charge in [0.25, 0.3) is 0 Å². The molecule has 0 radical (unpaired) electrons. The summed E-state index contributed by atoms with van der Waals surface area (Å²) in [5, 5.41) is 9.07. The van der Waals surface area contributed by atoms with Gasteiger partial charge in [-0.3, -0.25) is 0 Å². The second kappa shape index (κ2) is 2.99. The lowest BCUT2D eigenvalue weighted by molar-refractivity contribution is 0.907. The van der Waals surface area contributed by atoms with Gasteiger partial charge in [0.05, 0.1) is 11.5 Å². The first-order chi connectivity index (χ1) is 6.72. The maximum Gasteiger partial charge on any atom is 0.0824 e. The molecule has 0 spiro atoms.